The highest BCUT2D eigenvalue weighted by Crippen LogP contribution is 2.26. The zero-order valence-electron chi connectivity index (χ0n) is 10.6. The average molecular weight is 245 g/mol. The van der Waals surface area contributed by atoms with Crippen molar-refractivity contribution in [2.24, 2.45) is 0 Å². The molecule has 0 saturated carbocycles. The Morgan fingerprint density at radius 3 is 3.17 bits per heavy atom. The van der Waals surface area contributed by atoms with Crippen molar-refractivity contribution in [2.45, 2.75) is 38.1 Å². The molecule has 1 fully saturated rings. The number of Topliss-reactive ketones (excluding diaryl/α,β-unsaturated/α-hetero) is 1. The van der Waals surface area contributed by atoms with E-state index in [9.17, 15) is 4.79 Å². The molecule has 3 nitrogen and oxygen atoms in total. The fourth-order valence-corrected chi connectivity index (χ4v) is 2.80. The Bertz CT molecular complexity index is 450. The molecular formula is C15H19NO2. The zero-order valence-corrected chi connectivity index (χ0v) is 10.6. The number of fused-ring (bicyclic) bond motifs is 1. The van der Waals surface area contributed by atoms with Gasteiger partial charge in [-0.05, 0) is 43.1 Å². The van der Waals surface area contributed by atoms with Crippen molar-refractivity contribution in [2.75, 3.05) is 13.2 Å². The first kappa shape index (κ1) is 11.7. The first-order valence-corrected chi connectivity index (χ1v) is 6.85. The number of hydrogen-bond acceptors (Lipinski definition) is 3. The van der Waals surface area contributed by atoms with E-state index in [2.05, 4.69) is 5.32 Å². The van der Waals surface area contributed by atoms with Crippen LogP contribution >= 0.6 is 0 Å². The quantitative estimate of drug-likeness (QED) is 0.831. The van der Waals surface area contributed by atoms with Gasteiger partial charge in [0.1, 0.15) is 5.75 Å². The summed E-state index contributed by atoms with van der Waals surface area (Å²) in [6, 6.07) is 6.21. The van der Waals surface area contributed by atoms with Crippen molar-refractivity contribution in [1.82, 2.24) is 5.32 Å². The topological polar surface area (TPSA) is 38.3 Å². The summed E-state index contributed by atoms with van der Waals surface area (Å²) < 4.78 is 5.46. The predicted octanol–water partition coefficient (Wildman–Crippen LogP) is 2.34. The van der Waals surface area contributed by atoms with E-state index in [1.807, 2.05) is 18.2 Å². The van der Waals surface area contributed by atoms with Crippen LogP contribution in [0.5, 0.6) is 5.75 Å². The van der Waals surface area contributed by atoms with Crippen LogP contribution in [0.1, 0.15) is 41.6 Å². The fourth-order valence-electron chi connectivity index (χ4n) is 2.80. The van der Waals surface area contributed by atoms with E-state index in [4.69, 9.17) is 4.74 Å². The Morgan fingerprint density at radius 2 is 2.33 bits per heavy atom. The molecule has 3 heteroatoms. The summed E-state index contributed by atoms with van der Waals surface area (Å²) in [5.74, 6) is 1.20. The average Bonchev–Trinajstić information content (AvgIpc) is 2.87. The number of hydrogen-bond donors (Lipinski definition) is 1. The molecule has 1 aromatic carbocycles. The molecule has 1 N–H and O–H groups in total. The maximum atomic E-state index is 12.2. The summed E-state index contributed by atoms with van der Waals surface area (Å²) in [7, 11) is 0. The highest BCUT2D eigenvalue weighted by molar-refractivity contribution is 5.96. The Labute approximate surface area is 108 Å². The van der Waals surface area contributed by atoms with Gasteiger partial charge in [-0.1, -0.05) is 6.42 Å². The van der Waals surface area contributed by atoms with E-state index >= 15 is 0 Å². The molecule has 0 aliphatic carbocycles. The highest BCUT2D eigenvalue weighted by Gasteiger charge is 2.19. The van der Waals surface area contributed by atoms with Gasteiger partial charge in [-0.3, -0.25) is 4.79 Å². The van der Waals surface area contributed by atoms with E-state index < -0.39 is 0 Å². The summed E-state index contributed by atoms with van der Waals surface area (Å²) in [4.78, 5) is 12.2. The van der Waals surface area contributed by atoms with Gasteiger partial charge in [-0.2, -0.15) is 0 Å². The van der Waals surface area contributed by atoms with Crippen molar-refractivity contribution < 1.29 is 9.53 Å². The van der Waals surface area contributed by atoms with E-state index in [1.165, 1.54) is 18.4 Å². The van der Waals surface area contributed by atoms with E-state index in [1.54, 1.807) is 0 Å². The molecular weight excluding hydrogens is 226 g/mol. The summed E-state index contributed by atoms with van der Waals surface area (Å²) in [6.45, 7) is 1.80. The fraction of sp³-hybridized carbons (Fsp3) is 0.533. The second-order valence-electron chi connectivity index (χ2n) is 5.20. The number of nitrogens with one attached hydrogen (secondary N) is 1. The van der Waals surface area contributed by atoms with E-state index in [-0.39, 0.29) is 5.78 Å². The van der Waals surface area contributed by atoms with Crippen LogP contribution in [-0.4, -0.2) is 25.0 Å². The van der Waals surface area contributed by atoms with Crippen LogP contribution in [0.25, 0.3) is 0 Å². The minimum Gasteiger partial charge on any atom is -0.493 e. The van der Waals surface area contributed by atoms with Crippen LogP contribution in [-0.2, 0) is 6.42 Å². The Morgan fingerprint density at radius 1 is 1.39 bits per heavy atom. The lowest BCUT2D eigenvalue weighted by atomic mass is 9.96. The summed E-state index contributed by atoms with van der Waals surface area (Å²) >= 11 is 0. The molecule has 0 aromatic heterocycles. The summed E-state index contributed by atoms with van der Waals surface area (Å²) in [6.07, 6.45) is 5.15. The third-order valence-corrected chi connectivity index (χ3v) is 3.86. The molecule has 0 amide bonds. The molecule has 2 aliphatic rings. The normalized spacial score (nSPS) is 22.3. The minimum absolute atomic E-state index is 0.254. The molecule has 0 radical (unpaired) electrons. The number of carbonyl (C=O) groups excluding carboxylic acids is 1. The highest BCUT2D eigenvalue weighted by atomic mass is 16.5. The number of ketones is 1. The lowest BCUT2D eigenvalue weighted by Crippen LogP contribution is -2.35. The molecule has 0 spiro atoms. The molecule has 96 valence electrons. The van der Waals surface area contributed by atoms with Crippen LogP contribution in [0, 0.1) is 0 Å². The zero-order chi connectivity index (χ0) is 12.4. The number of rotatable bonds is 3. The second-order valence-corrected chi connectivity index (χ2v) is 5.20. The van der Waals surface area contributed by atoms with Crippen molar-refractivity contribution in [3.63, 3.8) is 0 Å². The standard InChI is InChI=1S/C15H19NO2/c17-14(10-13-3-1-2-7-16-13)11-4-5-15-12(9-11)6-8-18-15/h4-5,9,13,16H,1-3,6-8,10H2. The monoisotopic (exact) mass is 245 g/mol. The van der Waals surface area contributed by atoms with Crippen molar-refractivity contribution in [3.8, 4) is 5.75 Å². The van der Waals surface area contributed by atoms with Crippen LogP contribution in [0.15, 0.2) is 18.2 Å². The lowest BCUT2D eigenvalue weighted by molar-refractivity contribution is 0.0963. The lowest BCUT2D eigenvalue weighted by Gasteiger charge is -2.22. The third kappa shape index (κ3) is 2.41. The van der Waals surface area contributed by atoms with Gasteiger partial charge < -0.3 is 10.1 Å². The van der Waals surface area contributed by atoms with Crippen molar-refractivity contribution in [1.29, 1.82) is 0 Å². The first-order chi connectivity index (χ1) is 8.83. The van der Waals surface area contributed by atoms with Crippen LogP contribution < -0.4 is 10.1 Å². The van der Waals surface area contributed by atoms with Gasteiger partial charge in [0, 0.05) is 24.4 Å². The van der Waals surface area contributed by atoms with Gasteiger partial charge in [0.25, 0.3) is 0 Å². The smallest absolute Gasteiger partial charge is 0.164 e. The molecule has 3 rings (SSSR count). The molecule has 1 unspecified atom stereocenters. The third-order valence-electron chi connectivity index (χ3n) is 3.86. The van der Waals surface area contributed by atoms with Crippen molar-refractivity contribution in [3.05, 3.63) is 29.3 Å². The van der Waals surface area contributed by atoms with Gasteiger partial charge >= 0.3 is 0 Å². The number of ether oxygens (including phenoxy) is 1. The first-order valence-electron chi connectivity index (χ1n) is 6.85. The Hall–Kier alpha value is -1.35. The molecule has 18 heavy (non-hydrogen) atoms. The largest absolute Gasteiger partial charge is 0.493 e. The molecule has 1 aromatic rings. The van der Waals surface area contributed by atoms with Gasteiger partial charge in [-0.15, -0.1) is 0 Å². The van der Waals surface area contributed by atoms with Crippen LogP contribution in [0.2, 0.25) is 0 Å². The minimum atomic E-state index is 0.254. The van der Waals surface area contributed by atoms with Gasteiger partial charge in [-0.25, -0.2) is 0 Å². The maximum Gasteiger partial charge on any atom is 0.164 e. The number of carbonyl (C=O) groups is 1. The van der Waals surface area contributed by atoms with Gasteiger partial charge in [0.05, 0.1) is 6.61 Å². The Kier molecular flexibility index (Phi) is 3.33. The molecule has 1 saturated heterocycles. The molecule has 2 heterocycles. The molecule has 0 bridgehead atoms. The van der Waals surface area contributed by atoms with E-state index in [0.29, 0.717) is 12.5 Å². The molecule has 1 atom stereocenters. The number of benzene rings is 1. The van der Waals surface area contributed by atoms with Crippen LogP contribution in [0.3, 0.4) is 0 Å². The maximum absolute atomic E-state index is 12.2. The van der Waals surface area contributed by atoms with Gasteiger partial charge in [0.15, 0.2) is 5.78 Å². The van der Waals surface area contributed by atoms with E-state index in [0.717, 1.165) is 37.3 Å². The van der Waals surface area contributed by atoms with Gasteiger partial charge in [0.2, 0.25) is 0 Å². The molecule has 2 aliphatic heterocycles. The number of piperidine rings is 1. The summed E-state index contributed by atoms with van der Waals surface area (Å²) in [5.41, 5.74) is 2.02. The van der Waals surface area contributed by atoms with Crippen LogP contribution in [0.4, 0.5) is 0 Å². The second kappa shape index (κ2) is 5.11. The SMILES string of the molecule is O=C(CC1CCCCN1)c1ccc2c(c1)CCO2. The Balaban J connectivity index is 1.68. The predicted molar refractivity (Wildman–Crippen MR) is 70.2 cm³/mol. The van der Waals surface area contributed by atoms with Crippen molar-refractivity contribution >= 4 is 5.78 Å². The summed E-state index contributed by atoms with van der Waals surface area (Å²) in [5, 5.41) is 3.43.